The fourth-order valence-electron chi connectivity index (χ4n) is 5.42. The van der Waals surface area contributed by atoms with Crippen molar-refractivity contribution in [2.24, 2.45) is 0 Å². The van der Waals surface area contributed by atoms with Crippen LogP contribution in [-0.4, -0.2) is 41.2 Å². The third-order valence-corrected chi connectivity index (χ3v) is 7.35. The molecule has 2 amide bonds. The van der Waals surface area contributed by atoms with Crippen LogP contribution in [0, 0.1) is 0 Å². The first-order chi connectivity index (χ1) is 16.8. The number of carbonyl (C=O) groups excluding carboxylic acids is 2. The molecule has 3 heterocycles. The molecule has 2 N–H and O–H groups in total. The molecule has 0 spiro atoms. The number of nitrogens with zero attached hydrogens (tertiary/aromatic N) is 2. The van der Waals surface area contributed by atoms with Gasteiger partial charge in [0.25, 0.3) is 5.91 Å². The summed E-state index contributed by atoms with van der Waals surface area (Å²) in [5, 5.41) is 8.41. The van der Waals surface area contributed by atoms with Gasteiger partial charge in [0.05, 0.1) is 42.9 Å². The lowest BCUT2D eigenvalue weighted by molar-refractivity contribution is -0.121. The number of benzene rings is 2. The van der Waals surface area contributed by atoms with Gasteiger partial charge in [0.2, 0.25) is 5.91 Å². The summed E-state index contributed by atoms with van der Waals surface area (Å²) in [5.74, 6) is 0.320. The second-order valence-corrected chi connectivity index (χ2v) is 9.66. The van der Waals surface area contributed by atoms with Gasteiger partial charge < -0.3 is 14.5 Å². The van der Waals surface area contributed by atoms with E-state index in [-0.39, 0.29) is 11.8 Å². The van der Waals surface area contributed by atoms with E-state index in [1.165, 1.54) is 23.1 Å². The Kier molecular flexibility index (Phi) is 4.58. The topological polar surface area (TPSA) is 100 Å². The average Bonchev–Trinajstić information content (AvgIpc) is 3.48. The number of methoxy groups -OCH3 is 2. The van der Waals surface area contributed by atoms with Crippen LogP contribution in [-0.2, 0) is 23.1 Å². The number of imide groups is 1. The standard InChI is InChI=1S/C27H26N4O4/c1-27(2)18-12-19-17(16-7-5-6-15-13-28-30-23(15)24(16)29-19)11-20(18)31(26(27)33)25(32)14-8-9-21(34-3)22(10-14)35-4/h8-13,29H,5-7H2,1-4H3,(H,28,30). The van der Waals surface area contributed by atoms with E-state index in [9.17, 15) is 9.59 Å². The SMILES string of the molecule is COc1ccc(C(=O)N2C(=O)C(C)(C)c3cc4[nH]c5c(c4cc32)CCCc2cn[nH]c2-5)cc1OC. The highest BCUT2D eigenvalue weighted by atomic mass is 16.5. The molecule has 178 valence electrons. The molecule has 1 aliphatic heterocycles. The van der Waals surface area contributed by atoms with E-state index in [2.05, 4.69) is 15.2 Å². The number of aromatic nitrogens is 3. The van der Waals surface area contributed by atoms with Gasteiger partial charge in [-0.15, -0.1) is 0 Å². The van der Waals surface area contributed by atoms with Gasteiger partial charge >= 0.3 is 0 Å². The second kappa shape index (κ2) is 7.46. The van der Waals surface area contributed by atoms with Crippen molar-refractivity contribution in [1.82, 2.24) is 15.2 Å². The number of carbonyl (C=O) groups is 2. The number of ether oxygens (including phenoxy) is 2. The molecule has 8 heteroatoms. The Morgan fingerprint density at radius 2 is 1.86 bits per heavy atom. The molecule has 0 saturated carbocycles. The molecule has 4 aromatic rings. The molecule has 2 aliphatic rings. The first-order valence-electron chi connectivity index (χ1n) is 11.7. The third kappa shape index (κ3) is 2.95. The Hall–Kier alpha value is -4.07. The van der Waals surface area contributed by atoms with Gasteiger partial charge in [-0.3, -0.25) is 14.7 Å². The number of amides is 2. The molecule has 0 unspecified atom stereocenters. The smallest absolute Gasteiger partial charge is 0.265 e. The van der Waals surface area contributed by atoms with Crippen LogP contribution >= 0.6 is 0 Å². The minimum atomic E-state index is -0.850. The summed E-state index contributed by atoms with van der Waals surface area (Å²) >= 11 is 0. The lowest BCUT2D eigenvalue weighted by Crippen LogP contribution is -2.40. The maximum absolute atomic E-state index is 13.7. The third-order valence-electron chi connectivity index (χ3n) is 7.35. The zero-order valence-electron chi connectivity index (χ0n) is 20.1. The van der Waals surface area contributed by atoms with Crippen molar-refractivity contribution in [3.05, 3.63) is 58.8 Å². The summed E-state index contributed by atoms with van der Waals surface area (Å²) in [6, 6.07) is 8.96. The maximum atomic E-state index is 13.7. The molecule has 6 rings (SSSR count). The summed E-state index contributed by atoms with van der Waals surface area (Å²) in [4.78, 5) is 32.2. The highest BCUT2D eigenvalue weighted by Gasteiger charge is 2.47. The van der Waals surface area contributed by atoms with Crippen LogP contribution in [0.15, 0.2) is 36.5 Å². The van der Waals surface area contributed by atoms with Gasteiger partial charge in [-0.05, 0) is 80.1 Å². The van der Waals surface area contributed by atoms with Crippen molar-refractivity contribution >= 4 is 28.4 Å². The molecule has 8 nitrogen and oxygen atoms in total. The molecular formula is C27H26N4O4. The zero-order chi connectivity index (χ0) is 24.5. The molecule has 2 aromatic heterocycles. The molecule has 2 aromatic carbocycles. The fourth-order valence-corrected chi connectivity index (χ4v) is 5.42. The number of hydrogen-bond donors (Lipinski definition) is 2. The number of nitrogens with one attached hydrogen (secondary N) is 2. The molecular weight excluding hydrogens is 444 g/mol. The molecule has 35 heavy (non-hydrogen) atoms. The van der Waals surface area contributed by atoms with Crippen molar-refractivity contribution in [2.45, 2.75) is 38.5 Å². The van der Waals surface area contributed by atoms with E-state index in [0.717, 1.165) is 47.1 Å². The van der Waals surface area contributed by atoms with Crippen LogP contribution in [0.1, 0.15) is 47.3 Å². The van der Waals surface area contributed by atoms with E-state index in [1.54, 1.807) is 25.3 Å². The van der Waals surface area contributed by atoms with E-state index in [1.807, 2.05) is 32.2 Å². The molecule has 0 saturated heterocycles. The summed E-state index contributed by atoms with van der Waals surface area (Å²) < 4.78 is 10.7. The van der Waals surface area contributed by atoms with E-state index in [0.29, 0.717) is 22.7 Å². The molecule has 0 atom stereocenters. The Bertz CT molecular complexity index is 1530. The average molecular weight is 471 g/mol. The monoisotopic (exact) mass is 470 g/mol. The molecule has 0 fully saturated rings. The van der Waals surface area contributed by atoms with E-state index in [4.69, 9.17) is 9.47 Å². The Morgan fingerprint density at radius 3 is 2.63 bits per heavy atom. The molecule has 0 radical (unpaired) electrons. The van der Waals surface area contributed by atoms with Crippen molar-refractivity contribution in [3.8, 4) is 22.9 Å². The molecule has 1 aliphatic carbocycles. The van der Waals surface area contributed by atoms with Crippen LogP contribution in [0.5, 0.6) is 11.5 Å². The summed E-state index contributed by atoms with van der Waals surface area (Å²) in [7, 11) is 3.06. The number of aryl methyl sites for hydroxylation is 2. The predicted octanol–water partition coefficient (Wildman–Crippen LogP) is 4.53. The minimum absolute atomic E-state index is 0.248. The minimum Gasteiger partial charge on any atom is -0.493 e. The summed E-state index contributed by atoms with van der Waals surface area (Å²) in [5.41, 5.74) is 6.35. The number of fused-ring (bicyclic) bond motifs is 6. The van der Waals surface area contributed by atoms with Crippen molar-refractivity contribution in [3.63, 3.8) is 0 Å². The van der Waals surface area contributed by atoms with Gasteiger partial charge in [0.1, 0.15) is 0 Å². The summed E-state index contributed by atoms with van der Waals surface area (Å²) in [6.45, 7) is 3.73. The van der Waals surface area contributed by atoms with Gasteiger partial charge in [0, 0.05) is 16.5 Å². The maximum Gasteiger partial charge on any atom is 0.265 e. The van der Waals surface area contributed by atoms with Gasteiger partial charge in [-0.1, -0.05) is 0 Å². The van der Waals surface area contributed by atoms with E-state index >= 15 is 0 Å². The van der Waals surface area contributed by atoms with Crippen LogP contribution in [0.3, 0.4) is 0 Å². The number of H-pyrrole nitrogens is 2. The van der Waals surface area contributed by atoms with Crippen LogP contribution in [0.4, 0.5) is 5.69 Å². The van der Waals surface area contributed by atoms with E-state index < -0.39 is 5.41 Å². The normalized spacial score (nSPS) is 16.0. The Labute approximate surface area is 202 Å². The highest BCUT2D eigenvalue weighted by Crippen LogP contribution is 2.46. The van der Waals surface area contributed by atoms with Crippen molar-refractivity contribution in [1.29, 1.82) is 0 Å². The predicted molar refractivity (Wildman–Crippen MR) is 132 cm³/mol. The first kappa shape index (κ1) is 21.5. The number of aromatic amines is 2. The number of anilines is 1. The first-order valence-corrected chi connectivity index (χ1v) is 11.7. The largest absolute Gasteiger partial charge is 0.493 e. The summed E-state index contributed by atoms with van der Waals surface area (Å²) in [6.07, 6.45) is 4.75. The van der Waals surface area contributed by atoms with Crippen molar-refractivity contribution in [2.75, 3.05) is 19.1 Å². The number of hydrogen-bond acceptors (Lipinski definition) is 5. The Balaban J connectivity index is 1.52. The lowest BCUT2D eigenvalue weighted by atomic mass is 9.85. The highest BCUT2D eigenvalue weighted by molar-refractivity contribution is 6.27. The fraction of sp³-hybridized carbons (Fsp3) is 0.296. The molecule has 0 bridgehead atoms. The van der Waals surface area contributed by atoms with Crippen LogP contribution < -0.4 is 14.4 Å². The van der Waals surface area contributed by atoms with Crippen molar-refractivity contribution < 1.29 is 19.1 Å². The van der Waals surface area contributed by atoms with Crippen LogP contribution in [0.2, 0.25) is 0 Å². The Morgan fingerprint density at radius 1 is 1.06 bits per heavy atom. The van der Waals surface area contributed by atoms with Gasteiger partial charge in [0.15, 0.2) is 11.5 Å². The quantitative estimate of drug-likeness (QED) is 0.429. The second-order valence-electron chi connectivity index (χ2n) is 9.66. The zero-order valence-corrected chi connectivity index (χ0v) is 20.1. The van der Waals surface area contributed by atoms with Crippen LogP contribution in [0.25, 0.3) is 22.3 Å². The van der Waals surface area contributed by atoms with Gasteiger partial charge in [-0.25, -0.2) is 4.90 Å². The number of rotatable bonds is 3. The van der Waals surface area contributed by atoms with Gasteiger partial charge in [-0.2, -0.15) is 5.10 Å². The lowest BCUT2D eigenvalue weighted by Gasteiger charge is -2.19.